The highest BCUT2D eigenvalue weighted by Gasteiger charge is 2.23. The maximum Gasteiger partial charge on any atom is 0.359 e. The van der Waals surface area contributed by atoms with Crippen LogP contribution in [0.4, 0.5) is 5.69 Å². The number of anilines is 1. The van der Waals surface area contributed by atoms with Crippen LogP contribution in [0.25, 0.3) is 0 Å². The minimum Gasteiger partial charge on any atom is -0.458 e. The van der Waals surface area contributed by atoms with Crippen molar-refractivity contribution in [3.05, 3.63) is 11.4 Å². The Labute approximate surface area is 102 Å². The van der Waals surface area contributed by atoms with E-state index in [0.29, 0.717) is 17.8 Å². The van der Waals surface area contributed by atoms with E-state index in [9.17, 15) is 4.79 Å². The van der Waals surface area contributed by atoms with Crippen LogP contribution in [0.3, 0.4) is 0 Å². The summed E-state index contributed by atoms with van der Waals surface area (Å²) in [4.78, 5) is 12.0. The normalized spacial score (nSPS) is 12.8. The predicted molar refractivity (Wildman–Crippen MR) is 66.7 cm³/mol. The fourth-order valence-corrected chi connectivity index (χ4v) is 1.46. The Hall–Kier alpha value is -1.52. The quantitative estimate of drug-likeness (QED) is 0.813. The number of carbonyl (C=O) groups excluding carboxylic acids is 1. The standard InChI is InChI=1S/C12H21N3O2/c1-6-9-10(13)11(15(5)14-9)12(16)17-8(4)7(2)3/h7-8H,6,13H2,1-5H3. The Balaban J connectivity index is 2.93. The number of nitrogens with zero attached hydrogens (tertiary/aromatic N) is 2. The monoisotopic (exact) mass is 239 g/mol. The minimum absolute atomic E-state index is 0.137. The van der Waals surface area contributed by atoms with Crippen LogP contribution >= 0.6 is 0 Å². The number of nitrogen functional groups attached to an aromatic ring is 1. The molecule has 96 valence electrons. The lowest BCUT2D eigenvalue weighted by Crippen LogP contribution is -2.22. The molecule has 1 aromatic heterocycles. The van der Waals surface area contributed by atoms with Crippen LogP contribution in [0.2, 0.25) is 0 Å². The summed E-state index contributed by atoms with van der Waals surface area (Å²) < 4.78 is 6.83. The lowest BCUT2D eigenvalue weighted by Gasteiger charge is -2.16. The van der Waals surface area contributed by atoms with Gasteiger partial charge in [0.15, 0.2) is 5.69 Å². The van der Waals surface area contributed by atoms with Crippen molar-refractivity contribution in [2.75, 3.05) is 5.73 Å². The molecule has 0 radical (unpaired) electrons. The first-order valence-corrected chi connectivity index (χ1v) is 5.90. The second kappa shape index (κ2) is 5.21. The Bertz CT molecular complexity index is 410. The molecule has 0 fully saturated rings. The van der Waals surface area contributed by atoms with E-state index in [1.54, 1.807) is 7.05 Å². The van der Waals surface area contributed by atoms with E-state index in [1.807, 2.05) is 27.7 Å². The Kier molecular flexibility index (Phi) is 4.15. The van der Waals surface area contributed by atoms with Gasteiger partial charge in [-0.3, -0.25) is 4.68 Å². The third-order valence-electron chi connectivity index (χ3n) is 2.92. The van der Waals surface area contributed by atoms with E-state index in [-0.39, 0.29) is 12.0 Å². The molecule has 17 heavy (non-hydrogen) atoms. The topological polar surface area (TPSA) is 70.1 Å². The molecule has 1 rings (SSSR count). The molecule has 5 heteroatoms. The smallest absolute Gasteiger partial charge is 0.359 e. The second-order valence-corrected chi connectivity index (χ2v) is 4.54. The molecule has 1 aromatic rings. The first kappa shape index (κ1) is 13.5. The molecule has 1 unspecified atom stereocenters. The fraction of sp³-hybridized carbons (Fsp3) is 0.667. The summed E-state index contributed by atoms with van der Waals surface area (Å²) >= 11 is 0. The number of esters is 1. The van der Waals surface area contributed by atoms with Crippen LogP contribution in [0.1, 0.15) is 43.9 Å². The maximum absolute atomic E-state index is 12.0. The molecular formula is C12H21N3O2. The molecule has 1 atom stereocenters. The number of aryl methyl sites for hydroxylation is 2. The van der Waals surface area contributed by atoms with Gasteiger partial charge >= 0.3 is 5.97 Å². The zero-order valence-electron chi connectivity index (χ0n) is 11.2. The molecule has 0 amide bonds. The van der Waals surface area contributed by atoms with E-state index < -0.39 is 5.97 Å². The van der Waals surface area contributed by atoms with Gasteiger partial charge in [-0.15, -0.1) is 0 Å². The molecule has 0 aliphatic rings. The average molecular weight is 239 g/mol. The van der Waals surface area contributed by atoms with Crippen molar-refractivity contribution in [3.8, 4) is 0 Å². The molecule has 5 nitrogen and oxygen atoms in total. The molecule has 2 N–H and O–H groups in total. The number of carbonyl (C=O) groups is 1. The molecule has 0 bridgehead atoms. The van der Waals surface area contributed by atoms with Crippen LogP contribution in [-0.4, -0.2) is 21.9 Å². The number of hydrogen-bond donors (Lipinski definition) is 1. The summed E-state index contributed by atoms with van der Waals surface area (Å²) in [6.07, 6.45) is 0.564. The van der Waals surface area contributed by atoms with Gasteiger partial charge in [-0.05, 0) is 19.3 Å². The summed E-state index contributed by atoms with van der Waals surface area (Å²) in [7, 11) is 1.70. The van der Waals surface area contributed by atoms with E-state index in [2.05, 4.69) is 5.10 Å². The van der Waals surface area contributed by atoms with Crippen LogP contribution in [-0.2, 0) is 18.2 Å². The van der Waals surface area contributed by atoms with Crippen LogP contribution in [0, 0.1) is 5.92 Å². The number of ether oxygens (including phenoxy) is 1. The van der Waals surface area contributed by atoms with Crippen molar-refractivity contribution in [2.24, 2.45) is 13.0 Å². The molecule has 0 aliphatic heterocycles. The van der Waals surface area contributed by atoms with Gasteiger partial charge in [0.2, 0.25) is 0 Å². The first-order chi connectivity index (χ1) is 7.88. The van der Waals surface area contributed by atoms with Gasteiger partial charge in [0.1, 0.15) is 6.10 Å². The van der Waals surface area contributed by atoms with Gasteiger partial charge in [0.05, 0.1) is 11.4 Å². The van der Waals surface area contributed by atoms with Crippen LogP contribution in [0.5, 0.6) is 0 Å². The van der Waals surface area contributed by atoms with E-state index in [4.69, 9.17) is 10.5 Å². The van der Waals surface area contributed by atoms with Crippen molar-refractivity contribution in [1.82, 2.24) is 9.78 Å². The van der Waals surface area contributed by atoms with Crippen LogP contribution in [0.15, 0.2) is 0 Å². The lowest BCUT2D eigenvalue weighted by atomic mass is 10.1. The highest BCUT2D eigenvalue weighted by molar-refractivity contribution is 5.93. The minimum atomic E-state index is -0.404. The zero-order valence-corrected chi connectivity index (χ0v) is 11.2. The van der Waals surface area contributed by atoms with Gasteiger partial charge < -0.3 is 10.5 Å². The summed E-state index contributed by atoms with van der Waals surface area (Å²) in [5.74, 6) is -0.127. The van der Waals surface area contributed by atoms with Crippen molar-refractivity contribution in [2.45, 2.75) is 40.2 Å². The highest BCUT2D eigenvalue weighted by atomic mass is 16.5. The van der Waals surface area contributed by atoms with E-state index in [0.717, 1.165) is 5.69 Å². The van der Waals surface area contributed by atoms with Crippen molar-refractivity contribution in [3.63, 3.8) is 0 Å². The Morgan fingerprint density at radius 3 is 2.47 bits per heavy atom. The van der Waals surface area contributed by atoms with E-state index in [1.165, 1.54) is 4.68 Å². The van der Waals surface area contributed by atoms with E-state index >= 15 is 0 Å². The number of aromatic nitrogens is 2. The van der Waals surface area contributed by atoms with Gasteiger partial charge in [0, 0.05) is 7.05 Å². The third kappa shape index (κ3) is 2.78. The van der Waals surface area contributed by atoms with Gasteiger partial charge in [-0.25, -0.2) is 4.79 Å². The SMILES string of the molecule is CCc1nn(C)c(C(=O)OC(C)C(C)C)c1N. The zero-order chi connectivity index (χ0) is 13.2. The molecule has 0 aromatic carbocycles. The van der Waals surface area contributed by atoms with Crippen molar-refractivity contribution >= 4 is 11.7 Å². The Morgan fingerprint density at radius 2 is 2.06 bits per heavy atom. The average Bonchev–Trinajstić information content (AvgIpc) is 2.53. The fourth-order valence-electron chi connectivity index (χ4n) is 1.46. The molecule has 0 spiro atoms. The lowest BCUT2D eigenvalue weighted by molar-refractivity contribution is 0.0227. The molecule has 1 heterocycles. The van der Waals surface area contributed by atoms with Crippen molar-refractivity contribution in [1.29, 1.82) is 0 Å². The Morgan fingerprint density at radius 1 is 1.47 bits per heavy atom. The van der Waals surface area contributed by atoms with Crippen LogP contribution < -0.4 is 5.73 Å². The summed E-state index contributed by atoms with van der Waals surface area (Å²) in [5, 5.41) is 4.19. The number of rotatable bonds is 4. The molecule has 0 aliphatic carbocycles. The summed E-state index contributed by atoms with van der Waals surface area (Å²) in [6.45, 7) is 7.82. The second-order valence-electron chi connectivity index (χ2n) is 4.54. The van der Waals surface area contributed by atoms with Gasteiger partial charge in [-0.1, -0.05) is 20.8 Å². The summed E-state index contributed by atoms with van der Waals surface area (Å²) in [6, 6.07) is 0. The molecule has 0 saturated carbocycles. The summed E-state index contributed by atoms with van der Waals surface area (Å²) in [5.41, 5.74) is 7.39. The first-order valence-electron chi connectivity index (χ1n) is 5.90. The van der Waals surface area contributed by atoms with Crippen molar-refractivity contribution < 1.29 is 9.53 Å². The number of hydrogen-bond acceptors (Lipinski definition) is 4. The van der Waals surface area contributed by atoms with Gasteiger partial charge in [0.25, 0.3) is 0 Å². The molecular weight excluding hydrogens is 218 g/mol. The third-order valence-corrected chi connectivity index (χ3v) is 2.92. The largest absolute Gasteiger partial charge is 0.458 e. The van der Waals surface area contributed by atoms with Gasteiger partial charge in [-0.2, -0.15) is 5.10 Å². The maximum atomic E-state index is 12.0. The highest BCUT2D eigenvalue weighted by Crippen LogP contribution is 2.19. The predicted octanol–water partition coefficient (Wildman–Crippen LogP) is 1.77. The molecule has 0 saturated heterocycles. The number of nitrogens with two attached hydrogens (primary N) is 1.